The fourth-order valence-electron chi connectivity index (χ4n) is 3.54. The van der Waals surface area contributed by atoms with E-state index >= 15 is 0 Å². The standard InChI is InChI=1S/C17H19N5O2S/c18-8-12-2-1-5-22(12)15(23)10-21-6-3-13(9-21)24-16-14-4-7-25-17(14)20-11-19-16/h4,7,11-13H,1-3,5-6,9-10H2/t12-,13-/m0/s1. The lowest BCUT2D eigenvalue weighted by Gasteiger charge is -2.23. The maximum Gasteiger partial charge on any atom is 0.237 e. The average Bonchev–Trinajstić information content (AvgIpc) is 3.35. The van der Waals surface area contributed by atoms with Crippen molar-refractivity contribution >= 4 is 27.5 Å². The van der Waals surface area contributed by atoms with Crippen LogP contribution in [-0.4, -0.2) is 64.0 Å². The van der Waals surface area contributed by atoms with Gasteiger partial charge in [-0.3, -0.25) is 9.69 Å². The van der Waals surface area contributed by atoms with Crippen LogP contribution in [-0.2, 0) is 4.79 Å². The molecule has 0 radical (unpaired) electrons. The maximum atomic E-state index is 12.4. The number of thiophene rings is 1. The fourth-order valence-corrected chi connectivity index (χ4v) is 4.26. The molecule has 0 aromatic carbocycles. The summed E-state index contributed by atoms with van der Waals surface area (Å²) in [7, 11) is 0. The van der Waals surface area contributed by atoms with Gasteiger partial charge in [0.1, 0.15) is 23.3 Å². The Morgan fingerprint density at radius 2 is 2.32 bits per heavy atom. The molecule has 2 atom stereocenters. The number of ether oxygens (including phenoxy) is 1. The maximum absolute atomic E-state index is 12.4. The molecule has 2 aromatic heterocycles. The minimum Gasteiger partial charge on any atom is -0.472 e. The van der Waals surface area contributed by atoms with Crippen LogP contribution in [0.1, 0.15) is 19.3 Å². The highest BCUT2D eigenvalue weighted by Crippen LogP contribution is 2.27. The van der Waals surface area contributed by atoms with Gasteiger partial charge in [0, 0.05) is 19.6 Å². The topological polar surface area (TPSA) is 82.4 Å². The fraction of sp³-hybridized carbons (Fsp3) is 0.529. The molecule has 130 valence electrons. The first-order valence-electron chi connectivity index (χ1n) is 8.51. The number of rotatable bonds is 4. The Morgan fingerprint density at radius 1 is 1.40 bits per heavy atom. The second-order valence-electron chi connectivity index (χ2n) is 6.46. The first kappa shape index (κ1) is 16.2. The molecular formula is C17H19N5O2S. The van der Waals surface area contributed by atoms with Crippen LogP contribution < -0.4 is 4.74 Å². The zero-order valence-corrected chi connectivity index (χ0v) is 14.6. The summed E-state index contributed by atoms with van der Waals surface area (Å²) >= 11 is 1.57. The van der Waals surface area contributed by atoms with Crippen molar-refractivity contribution in [2.75, 3.05) is 26.2 Å². The number of hydrogen-bond acceptors (Lipinski definition) is 7. The molecule has 7 nitrogen and oxygen atoms in total. The van der Waals surface area contributed by atoms with Crippen LogP contribution in [0.5, 0.6) is 5.88 Å². The molecule has 2 fully saturated rings. The van der Waals surface area contributed by atoms with Crippen LogP contribution in [0.15, 0.2) is 17.8 Å². The van der Waals surface area contributed by atoms with Crippen molar-refractivity contribution in [2.24, 2.45) is 0 Å². The summed E-state index contributed by atoms with van der Waals surface area (Å²) in [5.74, 6) is 0.667. The third-order valence-electron chi connectivity index (χ3n) is 4.81. The van der Waals surface area contributed by atoms with Crippen LogP contribution in [0.2, 0.25) is 0 Å². The van der Waals surface area contributed by atoms with E-state index in [1.165, 1.54) is 6.33 Å². The highest BCUT2D eigenvalue weighted by atomic mass is 32.1. The summed E-state index contributed by atoms with van der Waals surface area (Å²) < 4.78 is 6.06. The summed E-state index contributed by atoms with van der Waals surface area (Å²) in [6.45, 7) is 2.57. The van der Waals surface area contributed by atoms with Gasteiger partial charge in [0.2, 0.25) is 11.8 Å². The first-order chi connectivity index (χ1) is 12.2. The third kappa shape index (κ3) is 3.30. The van der Waals surface area contributed by atoms with Crippen molar-refractivity contribution in [1.82, 2.24) is 19.8 Å². The molecule has 4 heterocycles. The minimum atomic E-state index is -0.255. The van der Waals surface area contributed by atoms with E-state index < -0.39 is 0 Å². The van der Waals surface area contributed by atoms with Crippen LogP contribution in [0.4, 0.5) is 0 Å². The Balaban J connectivity index is 1.35. The molecule has 0 saturated carbocycles. The van der Waals surface area contributed by atoms with Gasteiger partial charge in [-0.15, -0.1) is 11.3 Å². The molecule has 2 aromatic rings. The number of aromatic nitrogens is 2. The Hall–Kier alpha value is -2.24. The predicted octanol–water partition coefficient (Wildman–Crippen LogP) is 1.66. The van der Waals surface area contributed by atoms with Gasteiger partial charge in [-0.2, -0.15) is 5.26 Å². The third-order valence-corrected chi connectivity index (χ3v) is 5.63. The van der Waals surface area contributed by atoms with E-state index in [4.69, 9.17) is 10.00 Å². The lowest BCUT2D eigenvalue weighted by molar-refractivity contribution is -0.132. The van der Waals surface area contributed by atoms with Gasteiger partial charge in [0.15, 0.2) is 0 Å². The zero-order chi connectivity index (χ0) is 17.2. The van der Waals surface area contributed by atoms with Gasteiger partial charge in [0.25, 0.3) is 0 Å². The molecule has 0 spiro atoms. The number of hydrogen-bond donors (Lipinski definition) is 0. The van der Waals surface area contributed by atoms with Gasteiger partial charge in [-0.25, -0.2) is 9.97 Å². The average molecular weight is 357 g/mol. The zero-order valence-electron chi connectivity index (χ0n) is 13.8. The smallest absolute Gasteiger partial charge is 0.237 e. The summed E-state index contributed by atoms with van der Waals surface area (Å²) in [6, 6.07) is 3.94. The molecule has 0 bridgehead atoms. The van der Waals surface area contributed by atoms with E-state index in [1.807, 2.05) is 11.4 Å². The van der Waals surface area contributed by atoms with Gasteiger partial charge in [-0.1, -0.05) is 0 Å². The van der Waals surface area contributed by atoms with E-state index in [2.05, 4.69) is 20.9 Å². The molecule has 0 N–H and O–H groups in total. The summed E-state index contributed by atoms with van der Waals surface area (Å²) in [5.41, 5.74) is 0. The van der Waals surface area contributed by atoms with Gasteiger partial charge < -0.3 is 9.64 Å². The molecule has 2 aliphatic heterocycles. The lowest BCUT2D eigenvalue weighted by atomic mass is 10.2. The molecule has 2 saturated heterocycles. The largest absolute Gasteiger partial charge is 0.472 e. The highest BCUT2D eigenvalue weighted by molar-refractivity contribution is 7.16. The number of nitriles is 1. The van der Waals surface area contributed by atoms with Gasteiger partial charge in [0.05, 0.1) is 18.0 Å². The molecule has 25 heavy (non-hydrogen) atoms. The van der Waals surface area contributed by atoms with Crippen LogP contribution in [0.25, 0.3) is 10.2 Å². The molecule has 8 heteroatoms. The van der Waals surface area contributed by atoms with Crippen molar-refractivity contribution in [3.63, 3.8) is 0 Å². The van der Waals surface area contributed by atoms with Gasteiger partial charge in [-0.05, 0) is 30.7 Å². The normalized spacial score (nSPS) is 23.9. The number of carbonyl (C=O) groups excluding carboxylic acids is 1. The van der Waals surface area contributed by atoms with Gasteiger partial charge >= 0.3 is 0 Å². The summed E-state index contributed by atoms with van der Waals surface area (Å²) in [6.07, 6.45) is 4.12. The van der Waals surface area contributed by atoms with Crippen LogP contribution in [0.3, 0.4) is 0 Å². The predicted molar refractivity (Wildman–Crippen MR) is 93.2 cm³/mol. The number of likely N-dealkylation sites (tertiary alicyclic amines) is 2. The molecule has 0 aliphatic carbocycles. The van der Waals surface area contributed by atoms with Crippen molar-refractivity contribution in [3.8, 4) is 11.9 Å². The van der Waals surface area contributed by atoms with E-state index in [1.54, 1.807) is 16.2 Å². The Kier molecular flexibility index (Phi) is 4.51. The van der Waals surface area contributed by atoms with Crippen molar-refractivity contribution < 1.29 is 9.53 Å². The van der Waals surface area contributed by atoms with Crippen molar-refractivity contribution in [3.05, 3.63) is 17.8 Å². The first-order valence-corrected chi connectivity index (χ1v) is 9.39. The molecule has 4 rings (SSSR count). The van der Waals surface area contributed by atoms with E-state index in [0.717, 1.165) is 36.0 Å². The molecular weight excluding hydrogens is 338 g/mol. The summed E-state index contributed by atoms with van der Waals surface area (Å²) in [5, 5.41) is 12.1. The highest BCUT2D eigenvalue weighted by Gasteiger charge is 2.32. The molecule has 2 aliphatic rings. The minimum absolute atomic E-state index is 0.0242. The quantitative estimate of drug-likeness (QED) is 0.828. The summed E-state index contributed by atoms with van der Waals surface area (Å²) in [4.78, 5) is 25.7. The van der Waals surface area contributed by atoms with Crippen LogP contribution >= 0.6 is 11.3 Å². The molecule has 1 amide bonds. The Bertz CT molecular complexity index is 817. The number of nitrogens with zero attached hydrogens (tertiary/aromatic N) is 5. The van der Waals surface area contributed by atoms with Crippen molar-refractivity contribution in [2.45, 2.75) is 31.4 Å². The molecule has 0 unspecified atom stereocenters. The number of carbonyl (C=O) groups is 1. The Labute approximate surface area is 149 Å². The number of fused-ring (bicyclic) bond motifs is 1. The second-order valence-corrected chi connectivity index (χ2v) is 7.35. The SMILES string of the molecule is N#C[C@@H]1CCCN1C(=O)CN1CC[C@H](Oc2ncnc3sccc23)C1. The van der Waals surface area contributed by atoms with E-state index in [9.17, 15) is 4.79 Å². The lowest BCUT2D eigenvalue weighted by Crippen LogP contribution is -2.42. The van der Waals surface area contributed by atoms with Crippen LogP contribution in [0, 0.1) is 11.3 Å². The monoisotopic (exact) mass is 357 g/mol. The van der Waals surface area contributed by atoms with E-state index in [0.29, 0.717) is 25.5 Å². The number of amides is 1. The second kappa shape index (κ2) is 6.94. The van der Waals surface area contributed by atoms with E-state index in [-0.39, 0.29) is 18.1 Å². The Morgan fingerprint density at radius 3 is 3.20 bits per heavy atom. The van der Waals surface area contributed by atoms with Crippen molar-refractivity contribution in [1.29, 1.82) is 5.26 Å².